The molecule has 0 fully saturated rings. The summed E-state index contributed by atoms with van der Waals surface area (Å²) in [5, 5.41) is 11.0. The van der Waals surface area contributed by atoms with Crippen molar-refractivity contribution in [3.05, 3.63) is 12.2 Å². The second-order valence-electron chi connectivity index (χ2n) is 12.1. The number of ether oxygens (including phenoxy) is 1. The zero-order chi connectivity index (χ0) is 30.9. The van der Waals surface area contributed by atoms with Crippen LogP contribution in [0.15, 0.2) is 12.2 Å². The van der Waals surface area contributed by atoms with Gasteiger partial charge in [0.05, 0.1) is 0 Å². The van der Waals surface area contributed by atoms with Crippen LogP contribution in [0.4, 0.5) is 0 Å². The van der Waals surface area contributed by atoms with Crippen LogP contribution in [0.3, 0.4) is 0 Å². The minimum absolute atomic E-state index is 0.0336. The maximum absolute atomic E-state index is 12.3. The number of carbonyl (C=O) groups is 3. The number of carboxylic acid groups (broad SMARTS) is 1. The Hall–Kier alpha value is -1.85. The Balaban J connectivity index is 3.54. The standard InChI is InChI=1S/C36H67NO5/c1-3-5-6-7-8-9-10-11-12-13-14-15-16-17-18-19-20-21-22-23-27-31-36(41)42-33(28-4-2)29-25-24-26-30-34(38)37-32-35(39)40/h13-14,33H,3-12,15-32H2,1-2H3,(H,37,38)(H,39,40)/b14-13-. The van der Waals surface area contributed by atoms with E-state index in [4.69, 9.17) is 9.84 Å². The molecule has 2 N–H and O–H groups in total. The average molecular weight is 594 g/mol. The summed E-state index contributed by atoms with van der Waals surface area (Å²) in [6, 6.07) is 0. The first-order valence-corrected chi connectivity index (χ1v) is 17.8. The van der Waals surface area contributed by atoms with Crippen molar-refractivity contribution in [1.29, 1.82) is 0 Å². The van der Waals surface area contributed by atoms with Crippen LogP contribution in [0, 0.1) is 0 Å². The molecule has 0 saturated carbocycles. The molecule has 0 saturated heterocycles. The van der Waals surface area contributed by atoms with Crippen LogP contribution in [-0.2, 0) is 19.1 Å². The van der Waals surface area contributed by atoms with E-state index in [1.54, 1.807) is 0 Å². The van der Waals surface area contributed by atoms with Crippen LogP contribution in [-0.4, -0.2) is 35.6 Å². The van der Waals surface area contributed by atoms with Crippen LogP contribution in [0.1, 0.15) is 187 Å². The van der Waals surface area contributed by atoms with E-state index in [9.17, 15) is 14.4 Å². The molecule has 0 spiro atoms. The number of carboxylic acids is 1. The van der Waals surface area contributed by atoms with Gasteiger partial charge in [-0.05, 0) is 57.8 Å². The SMILES string of the molecule is CCCCCCCCCC/C=C\CCCCCCCCCCCC(=O)OC(CCC)CCCCCC(=O)NCC(=O)O. The van der Waals surface area contributed by atoms with Gasteiger partial charge in [-0.25, -0.2) is 0 Å². The van der Waals surface area contributed by atoms with Gasteiger partial charge in [0, 0.05) is 12.8 Å². The topological polar surface area (TPSA) is 92.7 Å². The van der Waals surface area contributed by atoms with Crippen LogP contribution in [0.2, 0.25) is 0 Å². The fourth-order valence-electron chi connectivity index (χ4n) is 5.33. The first-order valence-electron chi connectivity index (χ1n) is 17.8. The Morgan fingerprint density at radius 2 is 1.07 bits per heavy atom. The zero-order valence-corrected chi connectivity index (χ0v) is 27.6. The number of aliphatic carboxylic acids is 1. The molecular formula is C36H67NO5. The first kappa shape index (κ1) is 40.1. The van der Waals surface area contributed by atoms with E-state index in [0.717, 1.165) is 51.4 Å². The van der Waals surface area contributed by atoms with Gasteiger partial charge in [0.2, 0.25) is 5.91 Å². The third-order valence-corrected chi connectivity index (χ3v) is 7.92. The van der Waals surface area contributed by atoms with Gasteiger partial charge < -0.3 is 15.2 Å². The molecule has 0 aliphatic carbocycles. The van der Waals surface area contributed by atoms with E-state index in [-0.39, 0.29) is 24.5 Å². The Labute approximate surface area is 259 Å². The van der Waals surface area contributed by atoms with E-state index in [0.29, 0.717) is 12.8 Å². The molecule has 6 nitrogen and oxygen atoms in total. The van der Waals surface area contributed by atoms with Gasteiger partial charge in [0.15, 0.2) is 0 Å². The van der Waals surface area contributed by atoms with Gasteiger partial charge in [-0.15, -0.1) is 0 Å². The monoisotopic (exact) mass is 594 g/mol. The Morgan fingerprint density at radius 1 is 0.595 bits per heavy atom. The number of esters is 1. The molecule has 0 aromatic rings. The molecule has 0 aromatic heterocycles. The van der Waals surface area contributed by atoms with Crippen LogP contribution in [0.25, 0.3) is 0 Å². The smallest absolute Gasteiger partial charge is 0.322 e. The van der Waals surface area contributed by atoms with Crippen molar-refractivity contribution in [2.45, 2.75) is 193 Å². The molecule has 1 atom stereocenters. The third-order valence-electron chi connectivity index (χ3n) is 7.92. The number of hydrogen-bond acceptors (Lipinski definition) is 4. The fraction of sp³-hybridized carbons (Fsp3) is 0.861. The quantitative estimate of drug-likeness (QED) is 0.0460. The molecule has 0 rings (SSSR count). The van der Waals surface area contributed by atoms with Crippen molar-refractivity contribution in [1.82, 2.24) is 5.32 Å². The number of carbonyl (C=O) groups excluding carboxylic acids is 2. The molecule has 0 radical (unpaired) electrons. The highest BCUT2D eigenvalue weighted by atomic mass is 16.5. The molecule has 0 aliphatic heterocycles. The summed E-state index contributed by atoms with van der Waals surface area (Å²) in [6.07, 6.45) is 35.6. The lowest BCUT2D eigenvalue weighted by atomic mass is 10.0. The lowest BCUT2D eigenvalue weighted by Gasteiger charge is -2.17. The molecule has 1 unspecified atom stereocenters. The molecule has 0 heterocycles. The van der Waals surface area contributed by atoms with Crippen molar-refractivity contribution in [2.24, 2.45) is 0 Å². The maximum Gasteiger partial charge on any atom is 0.322 e. The first-order chi connectivity index (χ1) is 20.5. The van der Waals surface area contributed by atoms with Gasteiger partial charge in [0.1, 0.15) is 12.6 Å². The van der Waals surface area contributed by atoms with Crippen LogP contribution in [0.5, 0.6) is 0 Å². The normalized spacial score (nSPS) is 12.0. The molecule has 1 amide bonds. The van der Waals surface area contributed by atoms with Crippen molar-refractivity contribution in [3.8, 4) is 0 Å². The Morgan fingerprint density at radius 3 is 1.60 bits per heavy atom. The summed E-state index contributed by atoms with van der Waals surface area (Å²) in [6.45, 7) is 4.05. The maximum atomic E-state index is 12.3. The zero-order valence-electron chi connectivity index (χ0n) is 27.6. The Bertz CT molecular complexity index is 663. The summed E-state index contributed by atoms with van der Waals surface area (Å²) < 4.78 is 5.74. The van der Waals surface area contributed by atoms with Crippen molar-refractivity contribution in [3.63, 3.8) is 0 Å². The van der Waals surface area contributed by atoms with Gasteiger partial charge in [-0.1, -0.05) is 129 Å². The summed E-state index contributed by atoms with van der Waals surface area (Å²) in [5.41, 5.74) is 0. The predicted octanol–water partition coefficient (Wildman–Crippen LogP) is 10.2. The van der Waals surface area contributed by atoms with E-state index < -0.39 is 5.97 Å². The fourth-order valence-corrected chi connectivity index (χ4v) is 5.33. The summed E-state index contributed by atoms with van der Waals surface area (Å²) in [7, 11) is 0. The number of nitrogens with one attached hydrogen (secondary N) is 1. The van der Waals surface area contributed by atoms with Crippen molar-refractivity contribution < 1.29 is 24.2 Å². The minimum Gasteiger partial charge on any atom is -0.480 e. The molecule has 246 valence electrons. The van der Waals surface area contributed by atoms with Crippen molar-refractivity contribution >= 4 is 17.8 Å². The van der Waals surface area contributed by atoms with Gasteiger partial charge in [-0.3, -0.25) is 14.4 Å². The molecule has 0 aliphatic rings. The van der Waals surface area contributed by atoms with E-state index in [1.165, 1.54) is 109 Å². The van der Waals surface area contributed by atoms with E-state index in [1.807, 2.05) is 0 Å². The number of unbranched alkanes of at least 4 members (excludes halogenated alkanes) is 19. The number of allylic oxidation sites excluding steroid dienone is 2. The second-order valence-corrected chi connectivity index (χ2v) is 12.1. The largest absolute Gasteiger partial charge is 0.480 e. The van der Waals surface area contributed by atoms with Crippen LogP contribution < -0.4 is 5.32 Å². The highest BCUT2D eigenvalue weighted by Crippen LogP contribution is 2.16. The molecular weight excluding hydrogens is 526 g/mol. The number of amides is 1. The molecule has 42 heavy (non-hydrogen) atoms. The lowest BCUT2D eigenvalue weighted by molar-refractivity contribution is -0.150. The van der Waals surface area contributed by atoms with E-state index >= 15 is 0 Å². The highest BCUT2D eigenvalue weighted by molar-refractivity contribution is 5.80. The molecule has 6 heteroatoms. The number of hydrogen-bond donors (Lipinski definition) is 2. The van der Waals surface area contributed by atoms with Gasteiger partial charge >= 0.3 is 11.9 Å². The van der Waals surface area contributed by atoms with Crippen molar-refractivity contribution in [2.75, 3.05) is 6.54 Å². The second kappa shape index (κ2) is 32.1. The lowest BCUT2D eigenvalue weighted by Crippen LogP contribution is -2.28. The predicted molar refractivity (Wildman–Crippen MR) is 176 cm³/mol. The third kappa shape index (κ3) is 31.1. The Kier molecular flexibility index (Phi) is 30.7. The minimum atomic E-state index is -1.03. The average Bonchev–Trinajstić information content (AvgIpc) is 2.96. The number of rotatable bonds is 32. The summed E-state index contributed by atoms with van der Waals surface area (Å²) in [4.78, 5) is 34.3. The van der Waals surface area contributed by atoms with E-state index in [2.05, 4.69) is 31.3 Å². The summed E-state index contributed by atoms with van der Waals surface area (Å²) in [5.74, 6) is -1.33. The molecule has 0 aromatic carbocycles. The summed E-state index contributed by atoms with van der Waals surface area (Å²) >= 11 is 0. The molecule has 0 bridgehead atoms. The van der Waals surface area contributed by atoms with Gasteiger partial charge in [-0.2, -0.15) is 0 Å². The van der Waals surface area contributed by atoms with Crippen LogP contribution >= 0.6 is 0 Å². The van der Waals surface area contributed by atoms with Gasteiger partial charge in [0.25, 0.3) is 0 Å². The highest BCUT2D eigenvalue weighted by Gasteiger charge is 2.13.